The van der Waals surface area contributed by atoms with Gasteiger partial charge in [-0.2, -0.15) is 0 Å². The van der Waals surface area contributed by atoms with Crippen molar-refractivity contribution in [2.24, 2.45) is 59.2 Å². The van der Waals surface area contributed by atoms with Gasteiger partial charge < -0.3 is 14.9 Å². The van der Waals surface area contributed by atoms with Crippen LogP contribution in [0.5, 0.6) is 0 Å². The van der Waals surface area contributed by atoms with Gasteiger partial charge in [-0.3, -0.25) is 0 Å². The van der Waals surface area contributed by atoms with Crippen LogP contribution in [0.25, 0.3) is 28.0 Å². The van der Waals surface area contributed by atoms with Gasteiger partial charge in [-0.15, -0.1) is 0 Å². The number of hydrogen-bond acceptors (Lipinski definition) is 0. The molecule has 0 aromatic heterocycles. The maximum absolute atomic E-state index is 4.93. The van der Waals surface area contributed by atoms with Crippen LogP contribution in [-0.4, -0.2) is 0 Å². The van der Waals surface area contributed by atoms with E-state index in [1.807, 2.05) is 41.5 Å². The van der Waals surface area contributed by atoms with Gasteiger partial charge in [0, 0.05) is 0 Å². The molecule has 4 saturated carbocycles. The Kier molecular flexibility index (Phi) is 24.3. The molecule has 348 valence electrons. The van der Waals surface area contributed by atoms with Crippen LogP contribution in [-0.2, 0) is 20.8 Å². The SMILES string of the molecule is C1=CC2C(CC(CC3CCCCC3)C2CC2C(CC3CCCCC3)CC3C(c4cccc5ccccc45)=CC=CC32)C(C2=c3ccccc3=CCC2)=C1.CC.CC.CC.[CH3-].[CH3-].[Cl][Zr+2][Cl]. The molecule has 0 nitrogen and oxygen atoms in total. The van der Waals surface area contributed by atoms with E-state index in [2.05, 4.69) is 109 Å². The van der Waals surface area contributed by atoms with E-state index >= 15 is 0 Å². The third-order valence-electron chi connectivity index (χ3n) is 16.0. The summed E-state index contributed by atoms with van der Waals surface area (Å²) in [5, 5.41) is 5.82. The van der Waals surface area contributed by atoms with Crippen LogP contribution in [0.15, 0.2) is 109 Å². The molecule has 0 saturated heterocycles. The second-order valence-corrected chi connectivity index (χ2v) is 22.6. The fourth-order valence-electron chi connectivity index (χ4n) is 13.7. The zero-order valence-corrected chi connectivity index (χ0v) is 45.4. The Morgan fingerprint density at radius 1 is 0.562 bits per heavy atom. The predicted octanol–water partition coefficient (Wildman–Crippen LogP) is 18.1. The Labute approximate surface area is 412 Å². The van der Waals surface area contributed by atoms with Crippen LogP contribution in [0.1, 0.15) is 156 Å². The number of hydrogen-bond donors (Lipinski definition) is 0. The molecule has 0 spiro atoms. The molecule has 0 bridgehead atoms. The molecule has 7 aliphatic carbocycles. The van der Waals surface area contributed by atoms with Gasteiger partial charge in [0.2, 0.25) is 0 Å². The Balaban J connectivity index is 0.000000766. The first-order valence-electron chi connectivity index (χ1n) is 25.7. The average Bonchev–Trinajstić information content (AvgIpc) is 3.88. The summed E-state index contributed by atoms with van der Waals surface area (Å²) in [7, 11) is 9.87. The molecule has 0 radical (unpaired) electrons. The van der Waals surface area contributed by atoms with Crippen molar-refractivity contribution in [1.82, 2.24) is 0 Å². The summed E-state index contributed by atoms with van der Waals surface area (Å²) in [4.78, 5) is 0. The fourth-order valence-corrected chi connectivity index (χ4v) is 13.7. The first-order valence-corrected chi connectivity index (χ1v) is 32.0. The minimum absolute atomic E-state index is 0. The summed E-state index contributed by atoms with van der Waals surface area (Å²) in [5.41, 5.74) is 6.54. The van der Waals surface area contributed by atoms with Crippen LogP contribution in [0.4, 0.5) is 0 Å². The molecule has 3 aromatic rings. The van der Waals surface area contributed by atoms with Gasteiger partial charge in [0.25, 0.3) is 0 Å². The molecule has 0 heterocycles. The zero-order valence-electron chi connectivity index (χ0n) is 41.4. The Morgan fingerprint density at radius 3 is 1.66 bits per heavy atom. The maximum atomic E-state index is 4.93. The molecule has 8 atom stereocenters. The molecular formula is C61H86Cl2Zr. The van der Waals surface area contributed by atoms with E-state index in [1.54, 1.807) is 16.7 Å². The number of benzene rings is 3. The number of rotatable bonds is 8. The van der Waals surface area contributed by atoms with Crippen molar-refractivity contribution in [3.05, 3.63) is 140 Å². The van der Waals surface area contributed by atoms with E-state index in [-0.39, 0.29) is 14.9 Å². The van der Waals surface area contributed by atoms with Crippen molar-refractivity contribution in [2.45, 2.75) is 151 Å². The summed E-state index contributed by atoms with van der Waals surface area (Å²) in [6.45, 7) is 12.0. The monoisotopic (exact) mass is 979 g/mol. The normalized spacial score (nSPS) is 27.7. The molecule has 0 aliphatic heterocycles. The number of halogens is 2. The van der Waals surface area contributed by atoms with Crippen molar-refractivity contribution in [3.63, 3.8) is 0 Å². The van der Waals surface area contributed by atoms with E-state index in [1.165, 1.54) is 136 Å². The van der Waals surface area contributed by atoms with Crippen LogP contribution >= 0.6 is 17.0 Å². The van der Waals surface area contributed by atoms with Crippen LogP contribution in [0.3, 0.4) is 0 Å². The van der Waals surface area contributed by atoms with Crippen LogP contribution in [0, 0.1) is 74.0 Å². The Hall–Kier alpha value is -1.92. The third-order valence-corrected chi connectivity index (χ3v) is 16.0. The molecule has 3 aromatic carbocycles. The molecule has 3 heteroatoms. The molecule has 4 fully saturated rings. The van der Waals surface area contributed by atoms with E-state index in [9.17, 15) is 0 Å². The quantitative estimate of drug-likeness (QED) is 0.197. The molecule has 8 unspecified atom stereocenters. The van der Waals surface area contributed by atoms with Gasteiger partial charge in [0.05, 0.1) is 0 Å². The Morgan fingerprint density at radius 2 is 1.06 bits per heavy atom. The summed E-state index contributed by atoms with van der Waals surface area (Å²) in [5.74, 6) is 7.95. The standard InChI is InChI=1S/C53H62.3C2H6.2CH3.2ClH.Zr/c1-3-15-36(16-4-1)31-40-33-52-46(44-25-11-21-38-19-7-9-23-42(38)44)27-13-29-48(52)50(40)35-51-41(32-37-17-5-2-6-18-37)34-53-47(28-14-30-49(51)53)45-26-12-22-39-20-8-10-24-43(39)45;3*1-2;;;;;/h7-11,13-14,19-25,27-30,36-37,40-41,48-53H,1-6,12,15-18,26,31-35H2;3*1-2H3;2*1H3;2*1H;/q;;;;2*-1;;;+4/p-2. The minimum atomic E-state index is -0.826. The van der Waals surface area contributed by atoms with E-state index in [0.717, 1.165) is 35.5 Å². The van der Waals surface area contributed by atoms with Gasteiger partial charge in [0.1, 0.15) is 0 Å². The molecule has 0 amide bonds. The van der Waals surface area contributed by atoms with Crippen LogP contribution in [0.2, 0.25) is 0 Å². The van der Waals surface area contributed by atoms with Gasteiger partial charge in [-0.05, 0) is 148 Å². The van der Waals surface area contributed by atoms with Crippen LogP contribution < -0.4 is 10.4 Å². The van der Waals surface area contributed by atoms with E-state index in [4.69, 9.17) is 17.0 Å². The molecular weight excluding hydrogens is 895 g/mol. The molecule has 7 aliphatic rings. The predicted molar refractivity (Wildman–Crippen MR) is 284 cm³/mol. The summed E-state index contributed by atoms with van der Waals surface area (Å²) in [6, 6.07) is 25.5. The van der Waals surface area contributed by atoms with Crippen molar-refractivity contribution >= 4 is 45.0 Å². The molecule has 64 heavy (non-hydrogen) atoms. The van der Waals surface area contributed by atoms with Gasteiger partial charge in [-0.25, -0.2) is 0 Å². The van der Waals surface area contributed by atoms with E-state index in [0.29, 0.717) is 23.7 Å². The zero-order chi connectivity index (χ0) is 43.8. The van der Waals surface area contributed by atoms with Gasteiger partial charge >= 0.3 is 37.9 Å². The molecule has 10 rings (SSSR count). The first kappa shape index (κ1) is 54.7. The number of allylic oxidation sites excluding steroid dienone is 8. The summed E-state index contributed by atoms with van der Waals surface area (Å²) >= 11 is -0.826. The van der Waals surface area contributed by atoms with Crippen molar-refractivity contribution < 1.29 is 20.8 Å². The number of fused-ring (bicyclic) bond motifs is 4. The average molecular weight is 981 g/mol. The van der Waals surface area contributed by atoms with Crippen molar-refractivity contribution in [1.29, 1.82) is 0 Å². The fraction of sp³-hybridized carbons (Fsp3) is 0.541. The summed E-state index contributed by atoms with van der Waals surface area (Å²) in [6.07, 6.45) is 42.4. The molecule has 0 N–H and O–H groups in total. The first-order chi connectivity index (χ1) is 30.7. The Bertz CT molecular complexity index is 2070. The van der Waals surface area contributed by atoms with Gasteiger partial charge in [0.15, 0.2) is 0 Å². The van der Waals surface area contributed by atoms with E-state index < -0.39 is 20.8 Å². The topological polar surface area (TPSA) is 0 Å². The second-order valence-electron chi connectivity index (χ2n) is 18.8. The van der Waals surface area contributed by atoms with Gasteiger partial charge in [-0.1, -0.05) is 215 Å². The van der Waals surface area contributed by atoms with Crippen molar-refractivity contribution in [2.75, 3.05) is 0 Å². The summed E-state index contributed by atoms with van der Waals surface area (Å²) < 4.78 is 0. The van der Waals surface area contributed by atoms with Crippen molar-refractivity contribution in [3.8, 4) is 0 Å². The second kappa shape index (κ2) is 28.4. The third kappa shape index (κ3) is 12.8.